The third-order valence-corrected chi connectivity index (χ3v) is 3.23. The van der Waals surface area contributed by atoms with Crippen molar-refractivity contribution < 1.29 is 0 Å². The first-order chi connectivity index (χ1) is 7.33. The van der Waals surface area contributed by atoms with Crippen molar-refractivity contribution in [3.8, 4) is 0 Å². The van der Waals surface area contributed by atoms with Crippen molar-refractivity contribution in [3.05, 3.63) is 12.4 Å². The number of rotatable bonds is 4. The summed E-state index contributed by atoms with van der Waals surface area (Å²) in [7, 11) is 0. The molecule has 0 bridgehead atoms. The van der Waals surface area contributed by atoms with Gasteiger partial charge in [-0.15, -0.1) is 0 Å². The maximum Gasteiger partial charge on any atom is 0.222 e. The van der Waals surface area contributed by atoms with Gasteiger partial charge in [0.1, 0.15) is 0 Å². The van der Waals surface area contributed by atoms with E-state index in [0.29, 0.717) is 11.7 Å². The molecule has 0 saturated heterocycles. The van der Waals surface area contributed by atoms with Crippen LogP contribution in [0.5, 0.6) is 0 Å². The van der Waals surface area contributed by atoms with E-state index in [2.05, 4.69) is 15.3 Å². The number of hydrogen-bond acceptors (Lipinski definition) is 4. The molecule has 1 heterocycles. The van der Waals surface area contributed by atoms with Gasteiger partial charge in [-0.25, -0.2) is 9.97 Å². The van der Waals surface area contributed by atoms with Gasteiger partial charge < -0.3 is 11.1 Å². The van der Waals surface area contributed by atoms with Gasteiger partial charge >= 0.3 is 0 Å². The standard InChI is InChI=1S/C11H16N4/c12-9-5-13-11(14-6-9)15-10(7-1-2-7)8-3-4-8/h5-8,10H,1-4,12H2,(H,13,14,15). The molecule has 0 radical (unpaired) electrons. The Bertz CT molecular complexity index is 328. The minimum Gasteiger partial charge on any atom is -0.396 e. The second-order valence-electron chi connectivity index (χ2n) is 4.68. The minimum atomic E-state index is 0.605. The van der Waals surface area contributed by atoms with E-state index in [1.54, 1.807) is 12.4 Å². The maximum atomic E-state index is 5.55. The SMILES string of the molecule is Nc1cnc(NC(C2CC2)C2CC2)nc1. The van der Waals surface area contributed by atoms with Gasteiger partial charge in [0.25, 0.3) is 0 Å². The van der Waals surface area contributed by atoms with E-state index < -0.39 is 0 Å². The molecular weight excluding hydrogens is 188 g/mol. The fourth-order valence-electron chi connectivity index (χ4n) is 2.09. The lowest BCUT2D eigenvalue weighted by Crippen LogP contribution is -2.25. The molecule has 4 nitrogen and oxygen atoms in total. The first-order valence-electron chi connectivity index (χ1n) is 5.67. The first kappa shape index (κ1) is 8.95. The molecule has 15 heavy (non-hydrogen) atoms. The molecule has 1 aromatic heterocycles. The highest BCUT2D eigenvalue weighted by Gasteiger charge is 2.41. The second-order valence-corrected chi connectivity index (χ2v) is 4.68. The molecule has 0 aliphatic heterocycles. The van der Waals surface area contributed by atoms with E-state index >= 15 is 0 Å². The summed E-state index contributed by atoms with van der Waals surface area (Å²) in [6.45, 7) is 0. The van der Waals surface area contributed by atoms with Crippen molar-refractivity contribution in [2.45, 2.75) is 31.7 Å². The lowest BCUT2D eigenvalue weighted by Gasteiger charge is -2.17. The van der Waals surface area contributed by atoms with Crippen LogP contribution >= 0.6 is 0 Å². The molecule has 80 valence electrons. The summed E-state index contributed by atoms with van der Waals surface area (Å²) in [6.07, 6.45) is 8.77. The van der Waals surface area contributed by atoms with Crippen molar-refractivity contribution in [3.63, 3.8) is 0 Å². The third kappa shape index (κ3) is 2.03. The Hall–Kier alpha value is -1.32. The zero-order valence-electron chi connectivity index (χ0n) is 8.69. The highest BCUT2D eigenvalue weighted by atomic mass is 15.1. The van der Waals surface area contributed by atoms with Gasteiger partial charge in [0.2, 0.25) is 5.95 Å². The smallest absolute Gasteiger partial charge is 0.222 e. The van der Waals surface area contributed by atoms with Crippen molar-refractivity contribution in [1.29, 1.82) is 0 Å². The third-order valence-electron chi connectivity index (χ3n) is 3.23. The summed E-state index contributed by atoms with van der Waals surface area (Å²) in [6, 6.07) is 0.605. The molecule has 0 amide bonds. The molecule has 2 aliphatic rings. The van der Waals surface area contributed by atoms with E-state index in [1.165, 1.54) is 25.7 Å². The maximum absolute atomic E-state index is 5.55. The van der Waals surface area contributed by atoms with Crippen LogP contribution in [0.25, 0.3) is 0 Å². The van der Waals surface area contributed by atoms with E-state index in [-0.39, 0.29) is 0 Å². The number of nitrogen functional groups attached to an aromatic ring is 1. The van der Waals surface area contributed by atoms with Crippen LogP contribution in [0, 0.1) is 11.8 Å². The normalized spacial score (nSPS) is 20.6. The van der Waals surface area contributed by atoms with Gasteiger partial charge in [-0.05, 0) is 37.5 Å². The van der Waals surface area contributed by atoms with Crippen LogP contribution in [0.15, 0.2) is 12.4 Å². The summed E-state index contributed by atoms with van der Waals surface area (Å²) in [4.78, 5) is 8.38. The average molecular weight is 204 g/mol. The molecule has 0 atom stereocenters. The zero-order chi connectivity index (χ0) is 10.3. The quantitative estimate of drug-likeness (QED) is 0.783. The number of nitrogens with two attached hydrogens (primary N) is 1. The van der Waals surface area contributed by atoms with Gasteiger partial charge in [-0.3, -0.25) is 0 Å². The summed E-state index contributed by atoms with van der Waals surface area (Å²) >= 11 is 0. The Morgan fingerprint density at radius 1 is 1.13 bits per heavy atom. The summed E-state index contributed by atoms with van der Waals surface area (Å²) in [5.41, 5.74) is 6.17. The van der Waals surface area contributed by atoms with Crippen LogP contribution in [0.1, 0.15) is 25.7 Å². The zero-order valence-corrected chi connectivity index (χ0v) is 8.69. The van der Waals surface area contributed by atoms with Crippen LogP contribution in [0.4, 0.5) is 11.6 Å². The fourth-order valence-corrected chi connectivity index (χ4v) is 2.09. The van der Waals surface area contributed by atoms with Gasteiger partial charge in [0, 0.05) is 6.04 Å². The molecule has 2 saturated carbocycles. The van der Waals surface area contributed by atoms with Gasteiger partial charge in [-0.2, -0.15) is 0 Å². The molecule has 2 aliphatic carbocycles. The lowest BCUT2D eigenvalue weighted by atomic mass is 10.1. The second kappa shape index (κ2) is 3.36. The Balaban J connectivity index is 1.69. The topological polar surface area (TPSA) is 63.8 Å². The van der Waals surface area contributed by atoms with E-state index in [0.717, 1.165) is 17.8 Å². The molecule has 3 rings (SSSR count). The molecule has 0 aromatic carbocycles. The Morgan fingerprint density at radius 3 is 2.13 bits per heavy atom. The van der Waals surface area contributed by atoms with Crippen LogP contribution in [-0.4, -0.2) is 16.0 Å². The molecular formula is C11H16N4. The lowest BCUT2D eigenvalue weighted by molar-refractivity contribution is 0.563. The van der Waals surface area contributed by atoms with Crippen molar-refractivity contribution in [2.24, 2.45) is 11.8 Å². The largest absolute Gasteiger partial charge is 0.396 e. The first-order valence-corrected chi connectivity index (χ1v) is 5.67. The predicted molar refractivity (Wildman–Crippen MR) is 59.3 cm³/mol. The number of nitrogens with one attached hydrogen (secondary N) is 1. The molecule has 1 aromatic rings. The van der Waals surface area contributed by atoms with Gasteiger partial charge in [0.05, 0.1) is 18.1 Å². The van der Waals surface area contributed by atoms with Crippen LogP contribution in [0.2, 0.25) is 0 Å². The van der Waals surface area contributed by atoms with E-state index in [1.807, 2.05) is 0 Å². The van der Waals surface area contributed by atoms with Crippen molar-refractivity contribution >= 4 is 11.6 Å². The van der Waals surface area contributed by atoms with Crippen LogP contribution in [-0.2, 0) is 0 Å². The number of hydrogen-bond donors (Lipinski definition) is 2. The average Bonchev–Trinajstić information content (AvgIpc) is 3.11. The van der Waals surface area contributed by atoms with Crippen LogP contribution in [0.3, 0.4) is 0 Å². The van der Waals surface area contributed by atoms with E-state index in [4.69, 9.17) is 5.73 Å². The van der Waals surface area contributed by atoms with Crippen molar-refractivity contribution in [2.75, 3.05) is 11.1 Å². The molecule has 0 spiro atoms. The van der Waals surface area contributed by atoms with E-state index in [9.17, 15) is 0 Å². The Labute approximate surface area is 89.3 Å². The van der Waals surface area contributed by atoms with Gasteiger partial charge in [-0.1, -0.05) is 0 Å². The predicted octanol–water partition coefficient (Wildman–Crippen LogP) is 1.66. The number of aromatic nitrogens is 2. The number of anilines is 2. The van der Waals surface area contributed by atoms with Gasteiger partial charge in [0.15, 0.2) is 0 Å². The Morgan fingerprint density at radius 2 is 1.67 bits per heavy atom. The minimum absolute atomic E-state index is 0.605. The highest BCUT2D eigenvalue weighted by molar-refractivity contribution is 5.37. The molecule has 0 unspecified atom stereocenters. The molecule has 2 fully saturated rings. The monoisotopic (exact) mass is 204 g/mol. The number of nitrogens with zero attached hydrogens (tertiary/aromatic N) is 2. The highest BCUT2D eigenvalue weighted by Crippen LogP contribution is 2.45. The Kier molecular flexibility index (Phi) is 2.01. The molecule has 4 heteroatoms. The van der Waals surface area contributed by atoms with Crippen LogP contribution < -0.4 is 11.1 Å². The fraction of sp³-hybridized carbons (Fsp3) is 0.636. The molecule has 3 N–H and O–H groups in total. The van der Waals surface area contributed by atoms with Crippen molar-refractivity contribution in [1.82, 2.24) is 9.97 Å². The summed E-state index contributed by atoms with van der Waals surface area (Å²) < 4.78 is 0. The summed E-state index contributed by atoms with van der Waals surface area (Å²) in [5.74, 6) is 2.45. The summed E-state index contributed by atoms with van der Waals surface area (Å²) in [5, 5.41) is 3.45.